The maximum Gasteiger partial charge on any atom is 0.405 e. The van der Waals surface area contributed by atoms with E-state index in [-0.39, 0.29) is 11.9 Å². The van der Waals surface area contributed by atoms with Crippen molar-refractivity contribution in [3.8, 4) is 0 Å². The zero-order valence-electron chi connectivity index (χ0n) is 9.37. The molecule has 0 radical (unpaired) electrons. The summed E-state index contributed by atoms with van der Waals surface area (Å²) < 4.78 is 4.83. The lowest BCUT2D eigenvalue weighted by molar-refractivity contribution is -0.134. The Morgan fingerprint density at radius 2 is 1.93 bits per heavy atom. The van der Waals surface area contributed by atoms with E-state index in [1.165, 1.54) is 0 Å². The van der Waals surface area contributed by atoms with E-state index in [2.05, 4.69) is 5.32 Å². The highest BCUT2D eigenvalue weighted by molar-refractivity contribution is 5.84. The lowest BCUT2D eigenvalue weighted by atomic mass is 9.88. The van der Waals surface area contributed by atoms with Crippen molar-refractivity contribution < 1.29 is 14.3 Å². The van der Waals surface area contributed by atoms with E-state index in [1.54, 1.807) is 0 Å². The van der Waals surface area contributed by atoms with Crippen LogP contribution in [0.15, 0.2) is 0 Å². The van der Waals surface area contributed by atoms with Gasteiger partial charge in [0.15, 0.2) is 6.10 Å². The molecule has 0 bridgehead atoms. The summed E-state index contributed by atoms with van der Waals surface area (Å²) in [5.41, 5.74) is 4.48. The third-order valence-electron chi connectivity index (χ3n) is 2.18. The molecule has 2 amide bonds. The summed E-state index contributed by atoms with van der Waals surface area (Å²) >= 11 is 0. The van der Waals surface area contributed by atoms with Crippen LogP contribution in [-0.2, 0) is 9.53 Å². The fourth-order valence-electron chi connectivity index (χ4n) is 1.24. The fourth-order valence-corrected chi connectivity index (χ4v) is 1.24. The fraction of sp³-hybridized carbons (Fsp3) is 0.800. The van der Waals surface area contributed by atoms with E-state index in [0.717, 1.165) is 12.8 Å². The summed E-state index contributed by atoms with van der Waals surface area (Å²) in [5.74, 6) is -0.260. The summed E-state index contributed by atoms with van der Waals surface area (Å²) in [6, 6.07) is 0.249. The molecule has 0 saturated heterocycles. The van der Waals surface area contributed by atoms with Crippen LogP contribution in [0.3, 0.4) is 0 Å². The SMILES string of the molecule is CC(C)(C)[C@@H](OC(N)=O)C(=O)NC1CC1. The Morgan fingerprint density at radius 1 is 1.40 bits per heavy atom. The number of rotatable bonds is 3. The molecule has 0 heterocycles. The quantitative estimate of drug-likeness (QED) is 0.728. The van der Waals surface area contributed by atoms with Gasteiger partial charge in [-0.2, -0.15) is 0 Å². The third kappa shape index (κ3) is 3.77. The number of hydrogen-bond acceptors (Lipinski definition) is 3. The molecule has 0 aromatic rings. The average Bonchev–Trinajstić information content (AvgIpc) is 2.81. The summed E-state index contributed by atoms with van der Waals surface area (Å²) in [4.78, 5) is 22.4. The number of nitrogens with one attached hydrogen (secondary N) is 1. The first-order valence-electron chi connectivity index (χ1n) is 5.07. The Morgan fingerprint density at radius 3 is 2.27 bits per heavy atom. The molecule has 0 aliphatic heterocycles. The number of hydrogen-bond donors (Lipinski definition) is 2. The molecule has 3 N–H and O–H groups in total. The van der Waals surface area contributed by atoms with Crippen LogP contribution in [-0.4, -0.2) is 24.1 Å². The van der Waals surface area contributed by atoms with Gasteiger partial charge in [-0.15, -0.1) is 0 Å². The van der Waals surface area contributed by atoms with Crippen LogP contribution in [0.4, 0.5) is 4.79 Å². The molecule has 0 unspecified atom stereocenters. The smallest absolute Gasteiger partial charge is 0.405 e. The summed E-state index contributed by atoms with van der Waals surface area (Å²) in [7, 11) is 0. The lowest BCUT2D eigenvalue weighted by Gasteiger charge is -2.28. The normalized spacial score (nSPS) is 18.1. The van der Waals surface area contributed by atoms with Crippen LogP contribution in [0.1, 0.15) is 33.6 Å². The molecule has 1 saturated carbocycles. The molecule has 5 heteroatoms. The first-order chi connectivity index (χ1) is 6.80. The maximum absolute atomic E-state index is 11.7. The van der Waals surface area contributed by atoms with Gasteiger partial charge in [0.05, 0.1) is 0 Å². The van der Waals surface area contributed by atoms with Gasteiger partial charge in [-0.1, -0.05) is 20.8 Å². The summed E-state index contributed by atoms with van der Waals surface area (Å²) in [6.07, 6.45) is 0.259. The Kier molecular flexibility index (Phi) is 3.21. The van der Waals surface area contributed by atoms with E-state index in [9.17, 15) is 9.59 Å². The predicted molar refractivity (Wildman–Crippen MR) is 55.1 cm³/mol. The highest BCUT2D eigenvalue weighted by Crippen LogP contribution is 2.25. The second kappa shape index (κ2) is 4.08. The predicted octanol–water partition coefficient (Wildman–Crippen LogP) is 0.775. The number of nitrogens with two attached hydrogens (primary N) is 1. The summed E-state index contributed by atoms with van der Waals surface area (Å²) in [6.45, 7) is 5.48. The van der Waals surface area contributed by atoms with Crippen molar-refractivity contribution in [3.63, 3.8) is 0 Å². The molecule has 1 fully saturated rings. The highest BCUT2D eigenvalue weighted by atomic mass is 16.6. The molecule has 1 atom stereocenters. The number of carbonyl (C=O) groups excluding carboxylic acids is 2. The van der Waals surface area contributed by atoms with Crippen LogP contribution in [0.25, 0.3) is 0 Å². The molecule has 86 valence electrons. The van der Waals surface area contributed by atoms with Gasteiger partial charge in [0.25, 0.3) is 5.91 Å². The molecule has 1 aliphatic rings. The minimum atomic E-state index is -0.916. The zero-order valence-corrected chi connectivity index (χ0v) is 9.37. The van der Waals surface area contributed by atoms with Gasteiger partial charge in [-0.3, -0.25) is 4.79 Å². The average molecular weight is 214 g/mol. The van der Waals surface area contributed by atoms with Crippen molar-refractivity contribution in [1.29, 1.82) is 0 Å². The van der Waals surface area contributed by atoms with Gasteiger partial charge in [-0.25, -0.2) is 4.79 Å². The maximum atomic E-state index is 11.7. The van der Waals surface area contributed by atoms with Crippen LogP contribution in [0.2, 0.25) is 0 Å². The Bertz CT molecular complexity index is 266. The van der Waals surface area contributed by atoms with Crippen molar-refractivity contribution >= 4 is 12.0 Å². The molecule has 0 spiro atoms. The lowest BCUT2D eigenvalue weighted by Crippen LogP contribution is -2.47. The van der Waals surface area contributed by atoms with Crippen molar-refractivity contribution in [3.05, 3.63) is 0 Å². The molecule has 5 nitrogen and oxygen atoms in total. The molecule has 0 aromatic carbocycles. The monoisotopic (exact) mass is 214 g/mol. The van der Waals surface area contributed by atoms with Crippen LogP contribution >= 0.6 is 0 Å². The van der Waals surface area contributed by atoms with Crippen LogP contribution < -0.4 is 11.1 Å². The van der Waals surface area contributed by atoms with E-state index in [1.807, 2.05) is 20.8 Å². The van der Waals surface area contributed by atoms with E-state index in [0.29, 0.717) is 0 Å². The molecule has 15 heavy (non-hydrogen) atoms. The van der Waals surface area contributed by atoms with Gasteiger partial charge in [0, 0.05) is 11.5 Å². The Balaban J connectivity index is 2.61. The first kappa shape index (κ1) is 11.8. The second-order valence-corrected chi connectivity index (χ2v) is 4.97. The minimum Gasteiger partial charge on any atom is -0.436 e. The molecular formula is C10H18N2O3. The van der Waals surface area contributed by atoms with Crippen molar-refractivity contribution in [2.24, 2.45) is 11.1 Å². The molecule has 1 rings (SSSR count). The van der Waals surface area contributed by atoms with Crippen LogP contribution in [0.5, 0.6) is 0 Å². The number of amides is 2. The van der Waals surface area contributed by atoms with Gasteiger partial charge in [0.1, 0.15) is 0 Å². The Hall–Kier alpha value is -1.26. The minimum absolute atomic E-state index is 0.249. The van der Waals surface area contributed by atoms with Crippen molar-refractivity contribution in [2.45, 2.75) is 45.8 Å². The third-order valence-corrected chi connectivity index (χ3v) is 2.18. The number of carbonyl (C=O) groups is 2. The van der Waals surface area contributed by atoms with Gasteiger partial charge in [-0.05, 0) is 12.8 Å². The topological polar surface area (TPSA) is 81.4 Å². The first-order valence-corrected chi connectivity index (χ1v) is 5.07. The van der Waals surface area contributed by atoms with Gasteiger partial charge < -0.3 is 15.8 Å². The standard InChI is InChI=1S/C10H18N2O3/c1-10(2,3)7(15-9(11)14)8(13)12-6-4-5-6/h6-7H,4-5H2,1-3H3,(H2,11,14)(H,12,13)/t7-/m0/s1. The van der Waals surface area contributed by atoms with E-state index < -0.39 is 17.6 Å². The van der Waals surface area contributed by atoms with E-state index >= 15 is 0 Å². The van der Waals surface area contributed by atoms with Gasteiger partial charge >= 0.3 is 6.09 Å². The van der Waals surface area contributed by atoms with Gasteiger partial charge in [0.2, 0.25) is 0 Å². The molecule has 0 aromatic heterocycles. The zero-order chi connectivity index (χ0) is 11.6. The van der Waals surface area contributed by atoms with Crippen molar-refractivity contribution in [2.75, 3.05) is 0 Å². The van der Waals surface area contributed by atoms with E-state index in [4.69, 9.17) is 10.5 Å². The number of ether oxygens (including phenoxy) is 1. The molecular weight excluding hydrogens is 196 g/mol. The van der Waals surface area contributed by atoms with Crippen LogP contribution in [0, 0.1) is 5.41 Å². The largest absolute Gasteiger partial charge is 0.436 e. The summed E-state index contributed by atoms with van der Waals surface area (Å²) in [5, 5.41) is 2.79. The highest BCUT2D eigenvalue weighted by Gasteiger charge is 2.37. The Labute approximate surface area is 89.3 Å². The number of primary amides is 1. The van der Waals surface area contributed by atoms with Crippen molar-refractivity contribution in [1.82, 2.24) is 5.32 Å². The molecule has 1 aliphatic carbocycles. The second-order valence-electron chi connectivity index (χ2n) is 4.97.